The zero-order valence-corrected chi connectivity index (χ0v) is 20.0. The van der Waals surface area contributed by atoms with Crippen LogP contribution in [-0.2, 0) is 6.42 Å². The summed E-state index contributed by atoms with van der Waals surface area (Å²) in [6.45, 7) is 5.94. The molecular formula is C28H28N4O3. The molecule has 7 heteroatoms. The molecule has 0 radical (unpaired) electrons. The molecule has 3 aromatic carbocycles. The van der Waals surface area contributed by atoms with Crippen LogP contribution in [0.1, 0.15) is 35.3 Å². The summed E-state index contributed by atoms with van der Waals surface area (Å²) in [5.41, 5.74) is 1.72. The Morgan fingerprint density at radius 2 is 1.69 bits per heavy atom. The maximum absolute atomic E-state index is 13.2. The molecule has 1 aromatic heterocycles. The first-order valence-electron chi connectivity index (χ1n) is 11.4. The third-order valence-electron chi connectivity index (χ3n) is 5.97. The molecule has 0 bridgehead atoms. The van der Waals surface area contributed by atoms with Gasteiger partial charge in [0, 0.05) is 17.2 Å². The molecule has 1 atom stereocenters. The van der Waals surface area contributed by atoms with Crippen molar-refractivity contribution >= 4 is 23.0 Å². The molecule has 0 saturated carbocycles. The zero-order valence-electron chi connectivity index (χ0n) is 20.0. The Morgan fingerprint density at radius 1 is 0.943 bits per heavy atom. The van der Waals surface area contributed by atoms with Crippen LogP contribution >= 0.6 is 0 Å². The predicted molar refractivity (Wildman–Crippen MR) is 139 cm³/mol. The van der Waals surface area contributed by atoms with Gasteiger partial charge in [0.2, 0.25) is 0 Å². The summed E-state index contributed by atoms with van der Waals surface area (Å²) in [6.07, 6.45) is 3.17. The number of carbonyl (C=O) groups excluding carboxylic acids is 1. The van der Waals surface area contributed by atoms with Crippen LogP contribution in [0, 0.1) is 12.3 Å². The Bertz CT molecular complexity index is 1390. The average Bonchev–Trinajstić information content (AvgIpc) is 2.86. The number of amides is 1. The van der Waals surface area contributed by atoms with E-state index < -0.39 is 22.4 Å². The summed E-state index contributed by atoms with van der Waals surface area (Å²) in [5.74, 6) is -0.271. The number of aryl methyl sites for hydroxylation is 1. The van der Waals surface area contributed by atoms with Crippen LogP contribution in [0.2, 0.25) is 0 Å². The van der Waals surface area contributed by atoms with Crippen molar-refractivity contribution in [1.29, 1.82) is 0 Å². The fraction of sp³-hybridized carbons (Fsp3) is 0.214. The van der Waals surface area contributed by atoms with Gasteiger partial charge in [-0.2, -0.15) is 0 Å². The van der Waals surface area contributed by atoms with Crippen molar-refractivity contribution in [3.63, 3.8) is 0 Å². The standard InChI is InChI=1S/C28H28N4O3/c1-18-9-7-12-20(15-18)26(35)32-27(28(2,3)16-19-10-5-4-6-11-19)31-23-22(24(33)25(23)34)30-21-13-8-14-29-17-21/h4-15,17,27,30-31H,16H2,1-3H3,(H,32,35). The van der Waals surface area contributed by atoms with E-state index >= 15 is 0 Å². The lowest BCUT2D eigenvalue weighted by atomic mass is 9.82. The van der Waals surface area contributed by atoms with E-state index in [0.717, 1.165) is 11.1 Å². The molecule has 3 N–H and O–H groups in total. The highest BCUT2D eigenvalue weighted by Crippen LogP contribution is 2.30. The van der Waals surface area contributed by atoms with E-state index in [0.29, 0.717) is 17.7 Å². The molecule has 7 nitrogen and oxygen atoms in total. The van der Waals surface area contributed by atoms with Gasteiger partial charge in [0.1, 0.15) is 17.5 Å². The number of nitrogens with one attached hydrogen (secondary N) is 3. The van der Waals surface area contributed by atoms with Gasteiger partial charge in [0.15, 0.2) is 0 Å². The number of pyridine rings is 1. The van der Waals surface area contributed by atoms with Crippen LogP contribution in [0.25, 0.3) is 0 Å². The van der Waals surface area contributed by atoms with Crippen molar-refractivity contribution in [2.24, 2.45) is 5.41 Å². The lowest BCUT2D eigenvalue weighted by Gasteiger charge is -2.37. The normalized spacial score (nSPS) is 12.2. The monoisotopic (exact) mass is 468 g/mol. The van der Waals surface area contributed by atoms with Crippen molar-refractivity contribution in [2.45, 2.75) is 33.4 Å². The van der Waals surface area contributed by atoms with Gasteiger partial charge >= 0.3 is 0 Å². The van der Waals surface area contributed by atoms with Gasteiger partial charge in [0.25, 0.3) is 16.8 Å². The highest BCUT2D eigenvalue weighted by molar-refractivity contribution is 5.95. The molecule has 0 fully saturated rings. The second-order valence-corrected chi connectivity index (χ2v) is 9.35. The second kappa shape index (κ2) is 9.93. The lowest BCUT2D eigenvalue weighted by molar-refractivity contribution is 0.0907. The van der Waals surface area contributed by atoms with Crippen molar-refractivity contribution in [2.75, 3.05) is 10.6 Å². The van der Waals surface area contributed by atoms with E-state index in [1.807, 2.05) is 69.3 Å². The molecule has 1 amide bonds. The van der Waals surface area contributed by atoms with Crippen molar-refractivity contribution in [1.82, 2.24) is 10.3 Å². The first kappa shape index (κ1) is 23.9. The molecule has 0 aliphatic carbocycles. The van der Waals surface area contributed by atoms with Gasteiger partial charge in [0.05, 0.1) is 11.9 Å². The molecule has 1 heterocycles. The Morgan fingerprint density at radius 3 is 2.37 bits per heavy atom. The zero-order chi connectivity index (χ0) is 25.0. The highest BCUT2D eigenvalue weighted by atomic mass is 16.2. The summed E-state index contributed by atoms with van der Waals surface area (Å²) < 4.78 is 0. The van der Waals surface area contributed by atoms with Crippen LogP contribution < -0.4 is 26.8 Å². The summed E-state index contributed by atoms with van der Waals surface area (Å²) in [5, 5.41) is 9.21. The minimum absolute atomic E-state index is 0.148. The summed E-state index contributed by atoms with van der Waals surface area (Å²) in [4.78, 5) is 42.1. The minimum atomic E-state index is -0.645. The fourth-order valence-corrected chi connectivity index (χ4v) is 4.03. The predicted octanol–water partition coefficient (Wildman–Crippen LogP) is 4.17. The van der Waals surface area contributed by atoms with E-state index in [1.54, 1.807) is 30.6 Å². The molecule has 0 spiro atoms. The van der Waals surface area contributed by atoms with Gasteiger partial charge in [-0.05, 0) is 43.2 Å². The molecule has 178 valence electrons. The van der Waals surface area contributed by atoms with E-state index in [-0.39, 0.29) is 17.3 Å². The molecule has 4 aromatic rings. The van der Waals surface area contributed by atoms with Crippen molar-refractivity contribution in [3.8, 4) is 0 Å². The number of benzene rings is 2. The maximum atomic E-state index is 13.2. The maximum Gasteiger partial charge on any atom is 0.253 e. The number of hydrogen-bond donors (Lipinski definition) is 3. The van der Waals surface area contributed by atoms with E-state index in [4.69, 9.17) is 0 Å². The van der Waals surface area contributed by atoms with Crippen LogP contribution in [0.4, 0.5) is 17.1 Å². The van der Waals surface area contributed by atoms with Gasteiger partial charge in [-0.15, -0.1) is 0 Å². The van der Waals surface area contributed by atoms with Gasteiger partial charge in [-0.3, -0.25) is 19.4 Å². The summed E-state index contributed by atoms with van der Waals surface area (Å²) in [7, 11) is 0. The van der Waals surface area contributed by atoms with E-state index in [1.165, 1.54) is 0 Å². The number of hydrogen-bond acceptors (Lipinski definition) is 6. The molecule has 1 unspecified atom stereocenters. The van der Waals surface area contributed by atoms with Crippen molar-refractivity contribution < 1.29 is 4.79 Å². The van der Waals surface area contributed by atoms with Crippen LogP contribution in [0.15, 0.2) is 88.7 Å². The third kappa shape index (κ3) is 5.46. The molecule has 35 heavy (non-hydrogen) atoms. The largest absolute Gasteiger partial charge is 0.360 e. The SMILES string of the molecule is Cc1cccc(C(=O)NC(Nc2c(Nc3cccnc3)c(=O)c2=O)C(C)(C)Cc2ccccc2)c1. The number of rotatable bonds is 9. The number of aromatic nitrogens is 1. The Labute approximate surface area is 203 Å². The van der Waals surface area contributed by atoms with Crippen LogP contribution in [0.5, 0.6) is 0 Å². The van der Waals surface area contributed by atoms with Gasteiger partial charge in [-0.1, -0.05) is 61.9 Å². The van der Waals surface area contributed by atoms with Gasteiger partial charge < -0.3 is 16.0 Å². The number of anilines is 3. The Kier molecular flexibility index (Phi) is 6.78. The average molecular weight is 469 g/mol. The molecular weight excluding hydrogens is 440 g/mol. The highest BCUT2D eigenvalue weighted by Gasteiger charge is 2.34. The van der Waals surface area contributed by atoms with E-state index in [2.05, 4.69) is 20.9 Å². The first-order valence-corrected chi connectivity index (χ1v) is 11.4. The lowest BCUT2D eigenvalue weighted by Crippen LogP contribution is -2.53. The quantitative estimate of drug-likeness (QED) is 0.252. The Balaban J connectivity index is 1.64. The van der Waals surface area contributed by atoms with Gasteiger partial charge in [-0.25, -0.2) is 0 Å². The smallest absolute Gasteiger partial charge is 0.253 e. The van der Waals surface area contributed by atoms with E-state index in [9.17, 15) is 14.4 Å². The van der Waals surface area contributed by atoms with Crippen molar-refractivity contribution in [3.05, 3.63) is 116 Å². The molecule has 0 aliphatic heterocycles. The number of nitrogens with zero attached hydrogens (tertiary/aromatic N) is 1. The topological polar surface area (TPSA) is 100 Å². The fourth-order valence-electron chi connectivity index (χ4n) is 4.03. The Hall–Kier alpha value is -4.26. The summed E-state index contributed by atoms with van der Waals surface area (Å²) in [6, 6.07) is 20.7. The third-order valence-corrected chi connectivity index (χ3v) is 5.97. The summed E-state index contributed by atoms with van der Waals surface area (Å²) >= 11 is 0. The second-order valence-electron chi connectivity index (χ2n) is 9.35. The number of carbonyl (C=O) groups is 1. The van der Waals surface area contributed by atoms with Crippen LogP contribution in [0.3, 0.4) is 0 Å². The van der Waals surface area contributed by atoms with Crippen LogP contribution in [-0.4, -0.2) is 17.1 Å². The molecule has 0 saturated heterocycles. The minimum Gasteiger partial charge on any atom is -0.360 e. The first-order chi connectivity index (χ1) is 16.7. The molecule has 4 rings (SSSR count). The molecule has 0 aliphatic rings.